The van der Waals surface area contributed by atoms with Crippen molar-refractivity contribution in [3.05, 3.63) is 24.3 Å². The van der Waals surface area contributed by atoms with E-state index in [0.717, 1.165) is 5.75 Å². The summed E-state index contributed by atoms with van der Waals surface area (Å²) in [5.74, 6) is 0.770. The number of phenols is 1. The van der Waals surface area contributed by atoms with Gasteiger partial charge in [-0.2, -0.15) is 16.1 Å². The summed E-state index contributed by atoms with van der Waals surface area (Å²) in [6.07, 6.45) is 0. The molecule has 1 heterocycles. The minimum atomic E-state index is -3.50. The number of thioether (sulfide) groups is 1. The molecule has 1 fully saturated rings. The van der Waals surface area contributed by atoms with Crippen LogP contribution in [0.15, 0.2) is 29.2 Å². The Bertz CT molecular complexity index is 540. The monoisotopic (exact) mass is 287 g/mol. The van der Waals surface area contributed by atoms with E-state index in [-0.39, 0.29) is 15.4 Å². The normalized spacial score (nSPS) is 20.8. The van der Waals surface area contributed by atoms with E-state index in [4.69, 9.17) is 0 Å². The molecule has 1 N–H and O–H groups in total. The van der Waals surface area contributed by atoms with Gasteiger partial charge in [-0.05, 0) is 32.0 Å². The summed E-state index contributed by atoms with van der Waals surface area (Å²) in [5, 5.41) is 9.39. The van der Waals surface area contributed by atoms with Crippen LogP contribution in [-0.4, -0.2) is 41.4 Å². The van der Waals surface area contributed by atoms with Gasteiger partial charge in [-0.25, -0.2) is 8.42 Å². The average molecular weight is 287 g/mol. The molecular weight excluding hydrogens is 270 g/mol. The van der Waals surface area contributed by atoms with Crippen LogP contribution >= 0.6 is 11.8 Å². The van der Waals surface area contributed by atoms with Crippen LogP contribution in [0.25, 0.3) is 0 Å². The van der Waals surface area contributed by atoms with Crippen LogP contribution in [0.5, 0.6) is 5.75 Å². The lowest BCUT2D eigenvalue weighted by Crippen LogP contribution is -2.46. The third-order valence-electron chi connectivity index (χ3n) is 2.85. The van der Waals surface area contributed by atoms with E-state index in [9.17, 15) is 13.5 Å². The molecule has 2 rings (SSSR count). The first kappa shape index (κ1) is 13.7. The summed E-state index contributed by atoms with van der Waals surface area (Å²) < 4.78 is 26.3. The zero-order chi connectivity index (χ0) is 13.4. The first-order valence-electron chi connectivity index (χ1n) is 5.74. The Kier molecular flexibility index (Phi) is 3.62. The van der Waals surface area contributed by atoms with Gasteiger partial charge in [0, 0.05) is 23.6 Å². The summed E-state index contributed by atoms with van der Waals surface area (Å²) in [6, 6.07) is 5.83. The third kappa shape index (κ3) is 2.81. The fourth-order valence-corrected chi connectivity index (χ4v) is 4.92. The van der Waals surface area contributed by atoms with E-state index in [0.29, 0.717) is 13.1 Å². The number of hydrogen-bond donors (Lipinski definition) is 1. The van der Waals surface area contributed by atoms with E-state index >= 15 is 0 Å². The molecule has 0 radical (unpaired) electrons. The summed E-state index contributed by atoms with van der Waals surface area (Å²) in [4.78, 5) is 0.158. The molecule has 1 aromatic rings. The van der Waals surface area contributed by atoms with E-state index < -0.39 is 10.0 Å². The van der Waals surface area contributed by atoms with Gasteiger partial charge in [0.15, 0.2) is 0 Å². The van der Waals surface area contributed by atoms with Crippen molar-refractivity contribution in [3.8, 4) is 5.75 Å². The molecule has 0 aromatic heterocycles. The molecule has 1 saturated heterocycles. The number of aromatic hydroxyl groups is 1. The topological polar surface area (TPSA) is 57.6 Å². The van der Waals surface area contributed by atoms with Crippen molar-refractivity contribution < 1.29 is 13.5 Å². The highest BCUT2D eigenvalue weighted by Gasteiger charge is 2.34. The lowest BCUT2D eigenvalue weighted by molar-refractivity contribution is 0.387. The van der Waals surface area contributed by atoms with Crippen LogP contribution in [-0.2, 0) is 10.0 Å². The number of sulfonamides is 1. The Morgan fingerprint density at radius 2 is 2.11 bits per heavy atom. The Hall–Kier alpha value is -0.720. The minimum absolute atomic E-state index is 0.0262. The van der Waals surface area contributed by atoms with Crippen molar-refractivity contribution in [1.82, 2.24) is 4.31 Å². The maximum Gasteiger partial charge on any atom is 0.243 e. The van der Waals surface area contributed by atoms with Gasteiger partial charge in [0.1, 0.15) is 5.75 Å². The zero-order valence-corrected chi connectivity index (χ0v) is 12.1. The van der Waals surface area contributed by atoms with Crippen molar-refractivity contribution in [1.29, 1.82) is 0 Å². The Balaban J connectivity index is 2.31. The molecule has 0 amide bonds. The number of rotatable bonds is 2. The van der Waals surface area contributed by atoms with E-state index in [2.05, 4.69) is 0 Å². The molecule has 0 atom stereocenters. The van der Waals surface area contributed by atoms with Gasteiger partial charge in [-0.3, -0.25) is 0 Å². The molecule has 0 unspecified atom stereocenters. The van der Waals surface area contributed by atoms with Crippen molar-refractivity contribution in [2.75, 3.05) is 18.8 Å². The van der Waals surface area contributed by atoms with Crippen LogP contribution < -0.4 is 0 Å². The van der Waals surface area contributed by atoms with Crippen molar-refractivity contribution in [3.63, 3.8) is 0 Å². The second-order valence-corrected chi connectivity index (χ2v) is 8.68. The fourth-order valence-electron chi connectivity index (χ4n) is 1.97. The highest BCUT2D eigenvalue weighted by Crippen LogP contribution is 2.32. The number of phenolic OH excluding ortho intramolecular Hbond substituents is 1. The van der Waals surface area contributed by atoms with Gasteiger partial charge in [0.25, 0.3) is 0 Å². The summed E-state index contributed by atoms with van der Waals surface area (Å²) in [7, 11) is -3.50. The summed E-state index contributed by atoms with van der Waals surface area (Å²) >= 11 is 1.78. The van der Waals surface area contributed by atoms with Gasteiger partial charge in [0.05, 0.1) is 4.90 Å². The van der Waals surface area contributed by atoms with Crippen LogP contribution in [0.1, 0.15) is 13.8 Å². The molecule has 0 spiro atoms. The molecule has 0 aliphatic carbocycles. The molecule has 1 aromatic carbocycles. The molecular formula is C12H17NO3S2. The SMILES string of the molecule is CC1(C)CN(S(=O)(=O)c2cccc(O)c2)CCS1. The number of hydrogen-bond acceptors (Lipinski definition) is 4. The lowest BCUT2D eigenvalue weighted by atomic mass is 10.2. The van der Waals surface area contributed by atoms with Gasteiger partial charge >= 0.3 is 0 Å². The van der Waals surface area contributed by atoms with Crippen molar-refractivity contribution in [2.24, 2.45) is 0 Å². The van der Waals surface area contributed by atoms with Crippen LogP contribution in [0.3, 0.4) is 0 Å². The smallest absolute Gasteiger partial charge is 0.243 e. The molecule has 18 heavy (non-hydrogen) atoms. The lowest BCUT2D eigenvalue weighted by Gasteiger charge is -2.36. The predicted molar refractivity (Wildman–Crippen MR) is 73.4 cm³/mol. The minimum Gasteiger partial charge on any atom is -0.508 e. The van der Waals surface area contributed by atoms with Crippen molar-refractivity contribution >= 4 is 21.8 Å². The van der Waals surface area contributed by atoms with E-state index in [1.54, 1.807) is 17.8 Å². The van der Waals surface area contributed by atoms with Crippen LogP contribution in [0.2, 0.25) is 0 Å². The van der Waals surface area contributed by atoms with Gasteiger partial charge in [0.2, 0.25) is 10.0 Å². The molecule has 4 nitrogen and oxygen atoms in total. The first-order chi connectivity index (χ1) is 8.31. The molecule has 0 bridgehead atoms. The molecule has 100 valence electrons. The van der Waals surface area contributed by atoms with E-state index in [1.807, 2.05) is 13.8 Å². The molecule has 0 saturated carbocycles. The molecule has 1 aliphatic heterocycles. The second kappa shape index (κ2) is 4.75. The Morgan fingerprint density at radius 3 is 2.72 bits per heavy atom. The fraction of sp³-hybridized carbons (Fsp3) is 0.500. The largest absolute Gasteiger partial charge is 0.508 e. The summed E-state index contributed by atoms with van der Waals surface area (Å²) in [6.45, 7) is 5.10. The number of benzene rings is 1. The van der Waals surface area contributed by atoms with E-state index in [1.165, 1.54) is 22.5 Å². The maximum absolute atomic E-state index is 12.4. The third-order valence-corrected chi connectivity index (χ3v) is 5.98. The van der Waals surface area contributed by atoms with Crippen LogP contribution in [0.4, 0.5) is 0 Å². The van der Waals surface area contributed by atoms with Crippen molar-refractivity contribution in [2.45, 2.75) is 23.5 Å². The Labute approximate surface area is 112 Å². The molecule has 1 aliphatic rings. The second-order valence-electron chi connectivity index (χ2n) is 4.94. The zero-order valence-electron chi connectivity index (χ0n) is 10.5. The highest BCUT2D eigenvalue weighted by molar-refractivity contribution is 8.00. The average Bonchev–Trinajstić information content (AvgIpc) is 2.27. The summed E-state index contributed by atoms with van der Waals surface area (Å²) in [5.41, 5.74) is 0. The predicted octanol–water partition coefficient (Wildman–Crippen LogP) is 1.91. The maximum atomic E-state index is 12.4. The van der Waals surface area contributed by atoms with Gasteiger partial charge in [-0.15, -0.1) is 0 Å². The van der Waals surface area contributed by atoms with Gasteiger partial charge < -0.3 is 5.11 Å². The number of nitrogens with zero attached hydrogens (tertiary/aromatic N) is 1. The Morgan fingerprint density at radius 1 is 1.39 bits per heavy atom. The highest BCUT2D eigenvalue weighted by atomic mass is 32.2. The van der Waals surface area contributed by atoms with Crippen LogP contribution in [0, 0.1) is 0 Å². The quantitative estimate of drug-likeness (QED) is 0.902. The van der Waals surface area contributed by atoms with Gasteiger partial charge in [-0.1, -0.05) is 6.07 Å². The first-order valence-corrected chi connectivity index (χ1v) is 8.17. The molecule has 6 heteroatoms. The standard InChI is InChI=1S/C12H17NO3S2/c1-12(2)9-13(6-7-17-12)18(15,16)11-5-3-4-10(14)8-11/h3-5,8,14H,6-7,9H2,1-2H3.